The molecule has 106 valence electrons. The van der Waals surface area contributed by atoms with E-state index in [0.29, 0.717) is 23.0 Å². The molecule has 0 atom stereocenters. The molecule has 3 rings (SSSR count). The number of aldehydes is 1. The molecule has 0 radical (unpaired) electrons. The van der Waals surface area contributed by atoms with Gasteiger partial charge < -0.3 is 4.74 Å². The Bertz CT molecular complexity index is 840. The molecule has 1 aromatic carbocycles. The summed E-state index contributed by atoms with van der Waals surface area (Å²) < 4.78 is 5.91. The molecule has 21 heavy (non-hydrogen) atoms. The van der Waals surface area contributed by atoms with Gasteiger partial charge in [0.2, 0.25) is 5.88 Å². The molecule has 0 amide bonds. The van der Waals surface area contributed by atoms with Gasteiger partial charge in [-0.05, 0) is 38.5 Å². The van der Waals surface area contributed by atoms with Crippen LogP contribution in [0.5, 0.6) is 11.6 Å². The molecule has 2 aromatic heterocycles. The first-order chi connectivity index (χ1) is 10.1. The van der Waals surface area contributed by atoms with E-state index in [2.05, 4.69) is 16.9 Å². The van der Waals surface area contributed by atoms with Crippen LogP contribution in [0.1, 0.15) is 26.6 Å². The molecule has 0 N–H and O–H groups in total. The first-order valence-electron chi connectivity index (χ1n) is 6.56. The lowest BCUT2D eigenvalue weighted by Crippen LogP contribution is -1.95. The summed E-state index contributed by atoms with van der Waals surface area (Å²) in [6.07, 6.45) is 0.799. The third-order valence-corrected chi connectivity index (χ3v) is 4.42. The van der Waals surface area contributed by atoms with Crippen molar-refractivity contribution in [3.05, 3.63) is 46.1 Å². The van der Waals surface area contributed by atoms with E-state index in [0.717, 1.165) is 22.1 Å². The molecule has 2 heterocycles. The fraction of sp³-hybridized carbons (Fsp3) is 0.188. The third-order valence-electron chi connectivity index (χ3n) is 3.32. The molecule has 0 aliphatic heterocycles. The van der Waals surface area contributed by atoms with E-state index in [1.165, 1.54) is 4.88 Å². The highest BCUT2D eigenvalue weighted by molar-refractivity contribution is 7.18. The second-order valence-corrected chi connectivity index (χ2v) is 6.03. The molecule has 0 spiro atoms. The van der Waals surface area contributed by atoms with Crippen molar-refractivity contribution in [3.8, 4) is 11.6 Å². The van der Waals surface area contributed by atoms with Crippen LogP contribution in [0, 0.1) is 20.8 Å². The molecule has 0 bridgehead atoms. The average Bonchev–Trinajstić information content (AvgIpc) is 2.74. The lowest BCUT2D eigenvalue weighted by Gasteiger charge is -2.08. The van der Waals surface area contributed by atoms with Crippen LogP contribution in [0.25, 0.3) is 10.2 Å². The van der Waals surface area contributed by atoms with Gasteiger partial charge in [0.1, 0.15) is 22.7 Å². The molecule has 0 saturated heterocycles. The van der Waals surface area contributed by atoms with E-state index in [1.807, 2.05) is 19.9 Å². The summed E-state index contributed by atoms with van der Waals surface area (Å²) >= 11 is 1.64. The lowest BCUT2D eigenvalue weighted by atomic mass is 10.2. The van der Waals surface area contributed by atoms with Crippen LogP contribution in [0.15, 0.2) is 24.3 Å². The van der Waals surface area contributed by atoms with Crippen LogP contribution in [-0.4, -0.2) is 16.3 Å². The number of rotatable bonds is 3. The molecule has 0 saturated carbocycles. The molecular formula is C16H14N2O2S. The molecule has 0 fully saturated rings. The van der Waals surface area contributed by atoms with E-state index in [9.17, 15) is 4.79 Å². The van der Waals surface area contributed by atoms with Gasteiger partial charge in [-0.2, -0.15) is 4.98 Å². The van der Waals surface area contributed by atoms with Crippen LogP contribution in [0.3, 0.4) is 0 Å². The number of nitrogens with zero attached hydrogens (tertiary/aromatic N) is 2. The molecule has 0 aliphatic carbocycles. The number of ether oxygens (including phenoxy) is 1. The third kappa shape index (κ3) is 2.52. The molecule has 0 unspecified atom stereocenters. The maximum absolute atomic E-state index is 10.9. The van der Waals surface area contributed by atoms with Gasteiger partial charge in [-0.1, -0.05) is 12.1 Å². The maximum atomic E-state index is 10.9. The first kappa shape index (κ1) is 13.7. The summed E-state index contributed by atoms with van der Waals surface area (Å²) in [6.45, 7) is 5.95. The van der Waals surface area contributed by atoms with Crippen LogP contribution in [-0.2, 0) is 0 Å². The standard InChI is InChI=1S/C16H14N2O2S/c1-9-10(2)21-16-14(9)15(17-11(3)18-16)20-13-6-4-5-12(7-13)8-19/h4-8H,1-3H3. The number of benzene rings is 1. The fourth-order valence-electron chi connectivity index (χ4n) is 2.15. The maximum Gasteiger partial charge on any atom is 0.231 e. The van der Waals surface area contributed by atoms with Crippen LogP contribution in [0.2, 0.25) is 0 Å². The van der Waals surface area contributed by atoms with Gasteiger partial charge in [0.15, 0.2) is 0 Å². The summed E-state index contributed by atoms with van der Waals surface area (Å²) in [6, 6.07) is 7.03. The Morgan fingerprint density at radius 3 is 2.76 bits per heavy atom. The smallest absolute Gasteiger partial charge is 0.231 e. The second kappa shape index (κ2) is 5.26. The summed E-state index contributed by atoms with van der Waals surface area (Å²) in [5.41, 5.74) is 1.71. The average molecular weight is 298 g/mol. The molecule has 4 nitrogen and oxygen atoms in total. The zero-order valence-corrected chi connectivity index (χ0v) is 12.8. The van der Waals surface area contributed by atoms with E-state index in [-0.39, 0.29) is 0 Å². The number of thiophene rings is 1. The van der Waals surface area contributed by atoms with Crippen molar-refractivity contribution in [1.29, 1.82) is 0 Å². The second-order valence-electron chi connectivity index (χ2n) is 4.83. The van der Waals surface area contributed by atoms with Gasteiger partial charge in [0.05, 0.1) is 5.39 Å². The van der Waals surface area contributed by atoms with Crippen molar-refractivity contribution < 1.29 is 9.53 Å². The van der Waals surface area contributed by atoms with Crippen molar-refractivity contribution >= 4 is 27.8 Å². The Hall–Kier alpha value is -2.27. The van der Waals surface area contributed by atoms with E-state index < -0.39 is 0 Å². The minimum absolute atomic E-state index is 0.544. The SMILES string of the molecule is Cc1nc(Oc2cccc(C=O)c2)c2c(C)c(C)sc2n1. The normalized spacial score (nSPS) is 10.8. The largest absolute Gasteiger partial charge is 0.438 e. The van der Waals surface area contributed by atoms with Crippen molar-refractivity contribution in [2.75, 3.05) is 0 Å². The van der Waals surface area contributed by atoms with Crippen molar-refractivity contribution in [2.45, 2.75) is 20.8 Å². The van der Waals surface area contributed by atoms with Gasteiger partial charge in [0.25, 0.3) is 0 Å². The number of carbonyl (C=O) groups excluding carboxylic acids is 1. The van der Waals surface area contributed by atoms with Crippen molar-refractivity contribution in [2.24, 2.45) is 0 Å². The minimum atomic E-state index is 0.544. The Kier molecular flexibility index (Phi) is 3.43. The Morgan fingerprint density at radius 1 is 1.19 bits per heavy atom. The predicted molar refractivity (Wildman–Crippen MR) is 83.5 cm³/mol. The molecule has 3 aromatic rings. The van der Waals surface area contributed by atoms with Crippen molar-refractivity contribution in [1.82, 2.24) is 9.97 Å². The topological polar surface area (TPSA) is 52.1 Å². The summed E-state index contributed by atoms with van der Waals surface area (Å²) in [5, 5.41) is 0.944. The molecule has 5 heteroatoms. The Morgan fingerprint density at radius 2 is 2.00 bits per heavy atom. The summed E-state index contributed by atoms with van der Waals surface area (Å²) in [4.78, 5) is 21.9. The highest BCUT2D eigenvalue weighted by atomic mass is 32.1. The first-order valence-corrected chi connectivity index (χ1v) is 7.37. The highest BCUT2D eigenvalue weighted by Crippen LogP contribution is 2.36. The van der Waals surface area contributed by atoms with Crippen LogP contribution < -0.4 is 4.74 Å². The quantitative estimate of drug-likeness (QED) is 0.679. The number of fused-ring (bicyclic) bond motifs is 1. The van der Waals surface area contributed by atoms with Crippen molar-refractivity contribution in [3.63, 3.8) is 0 Å². The van der Waals surface area contributed by atoms with E-state index >= 15 is 0 Å². The Labute approximate surface area is 126 Å². The van der Waals surface area contributed by atoms with Gasteiger partial charge in [-0.25, -0.2) is 4.98 Å². The van der Waals surface area contributed by atoms with Gasteiger partial charge in [0, 0.05) is 10.4 Å². The van der Waals surface area contributed by atoms with Crippen LogP contribution in [0.4, 0.5) is 0 Å². The van der Waals surface area contributed by atoms with E-state index in [1.54, 1.807) is 29.5 Å². The number of hydrogen-bond acceptors (Lipinski definition) is 5. The summed E-state index contributed by atoms with van der Waals surface area (Å²) in [5.74, 6) is 1.81. The summed E-state index contributed by atoms with van der Waals surface area (Å²) in [7, 11) is 0. The van der Waals surface area contributed by atoms with E-state index in [4.69, 9.17) is 4.74 Å². The predicted octanol–water partition coefficient (Wildman–Crippen LogP) is 4.22. The van der Waals surface area contributed by atoms with Gasteiger partial charge in [-0.15, -0.1) is 11.3 Å². The Balaban J connectivity index is 2.13. The number of hydrogen-bond donors (Lipinski definition) is 0. The van der Waals surface area contributed by atoms with Crippen LogP contribution >= 0.6 is 11.3 Å². The molecule has 0 aliphatic rings. The van der Waals surface area contributed by atoms with Gasteiger partial charge >= 0.3 is 0 Å². The lowest BCUT2D eigenvalue weighted by molar-refractivity contribution is 0.112. The number of aryl methyl sites for hydroxylation is 3. The zero-order chi connectivity index (χ0) is 15.0. The number of aromatic nitrogens is 2. The highest BCUT2D eigenvalue weighted by Gasteiger charge is 2.15. The monoisotopic (exact) mass is 298 g/mol. The van der Waals surface area contributed by atoms with Gasteiger partial charge in [-0.3, -0.25) is 4.79 Å². The molecular weight excluding hydrogens is 284 g/mol. The number of carbonyl (C=O) groups is 1. The minimum Gasteiger partial charge on any atom is -0.438 e. The zero-order valence-electron chi connectivity index (χ0n) is 12.0. The fourth-order valence-corrected chi connectivity index (χ4v) is 3.22.